The summed E-state index contributed by atoms with van der Waals surface area (Å²) in [5.41, 5.74) is 2.08. The van der Waals surface area contributed by atoms with E-state index in [2.05, 4.69) is 35.8 Å². The third-order valence-corrected chi connectivity index (χ3v) is 4.65. The van der Waals surface area contributed by atoms with Crippen LogP contribution in [0.2, 0.25) is 0 Å². The van der Waals surface area contributed by atoms with Gasteiger partial charge in [-0.2, -0.15) is 0 Å². The van der Waals surface area contributed by atoms with E-state index in [1.807, 2.05) is 12.1 Å². The zero-order valence-electron chi connectivity index (χ0n) is 10.9. The molecule has 0 bridgehead atoms. The maximum atomic E-state index is 11.6. The van der Waals surface area contributed by atoms with Gasteiger partial charge in [0.15, 0.2) is 6.61 Å². The molecule has 1 aliphatic heterocycles. The Morgan fingerprint density at radius 2 is 2.17 bits per heavy atom. The third kappa shape index (κ3) is 2.69. The molecule has 0 saturated heterocycles. The Hall–Kier alpha value is -1.03. The minimum absolute atomic E-state index is 0.00102. The van der Waals surface area contributed by atoms with Gasteiger partial charge < -0.3 is 9.64 Å². The van der Waals surface area contributed by atoms with Crippen molar-refractivity contribution >= 4 is 27.5 Å². The minimum Gasteiger partial charge on any atom is -0.482 e. The van der Waals surface area contributed by atoms with Gasteiger partial charge in [-0.15, -0.1) is 0 Å². The number of carbonyl (C=O) groups excluding carboxylic acids is 1. The molecule has 4 heteroatoms. The summed E-state index contributed by atoms with van der Waals surface area (Å²) in [6, 6.07) is 6.07. The van der Waals surface area contributed by atoms with Crippen molar-refractivity contribution in [2.45, 2.75) is 25.1 Å². The van der Waals surface area contributed by atoms with E-state index >= 15 is 0 Å². The molecule has 1 atom stereocenters. The molecular formula is C14H18BrNO2. The SMILES string of the molecule is CC(C)C(Br)Cc1ccc2c(c1)N(C)C(=O)CO2. The molecule has 1 unspecified atom stereocenters. The van der Waals surface area contributed by atoms with E-state index in [1.165, 1.54) is 5.56 Å². The molecule has 0 fully saturated rings. The van der Waals surface area contributed by atoms with Crippen LogP contribution in [-0.4, -0.2) is 24.4 Å². The predicted octanol–water partition coefficient (Wildman–Crippen LogP) is 3.00. The molecule has 3 nitrogen and oxygen atoms in total. The van der Waals surface area contributed by atoms with Gasteiger partial charge in [-0.25, -0.2) is 0 Å². The number of nitrogens with zero attached hydrogens (tertiary/aromatic N) is 1. The molecule has 0 radical (unpaired) electrons. The van der Waals surface area contributed by atoms with Crippen molar-refractivity contribution < 1.29 is 9.53 Å². The van der Waals surface area contributed by atoms with Gasteiger partial charge in [0.05, 0.1) is 5.69 Å². The summed E-state index contributed by atoms with van der Waals surface area (Å²) in [5, 5.41) is 0. The molecule has 0 spiro atoms. The number of halogens is 1. The number of hydrogen-bond donors (Lipinski definition) is 0. The van der Waals surface area contributed by atoms with Crippen LogP contribution in [0.4, 0.5) is 5.69 Å². The van der Waals surface area contributed by atoms with Gasteiger partial charge in [-0.1, -0.05) is 35.8 Å². The topological polar surface area (TPSA) is 29.5 Å². The fourth-order valence-electron chi connectivity index (χ4n) is 1.91. The molecule has 1 aromatic carbocycles. The van der Waals surface area contributed by atoms with Gasteiger partial charge in [0.25, 0.3) is 5.91 Å². The van der Waals surface area contributed by atoms with Gasteiger partial charge >= 0.3 is 0 Å². The minimum atomic E-state index is -0.00102. The highest BCUT2D eigenvalue weighted by molar-refractivity contribution is 9.09. The van der Waals surface area contributed by atoms with E-state index in [0.717, 1.165) is 17.9 Å². The first-order valence-electron chi connectivity index (χ1n) is 6.15. The van der Waals surface area contributed by atoms with Crippen LogP contribution in [0.15, 0.2) is 18.2 Å². The molecule has 1 heterocycles. The summed E-state index contributed by atoms with van der Waals surface area (Å²) in [6.45, 7) is 4.52. The molecule has 1 aliphatic rings. The van der Waals surface area contributed by atoms with Gasteiger partial charge in [-0.3, -0.25) is 4.79 Å². The Kier molecular flexibility index (Phi) is 3.95. The van der Waals surface area contributed by atoms with Gasteiger partial charge in [0.2, 0.25) is 0 Å². The maximum Gasteiger partial charge on any atom is 0.264 e. The molecule has 2 rings (SSSR count). The van der Waals surface area contributed by atoms with Crippen molar-refractivity contribution in [2.75, 3.05) is 18.6 Å². The summed E-state index contributed by atoms with van der Waals surface area (Å²) < 4.78 is 5.41. The van der Waals surface area contributed by atoms with E-state index in [4.69, 9.17) is 4.74 Å². The van der Waals surface area contributed by atoms with Gasteiger partial charge in [0, 0.05) is 11.9 Å². The first-order valence-corrected chi connectivity index (χ1v) is 7.07. The molecule has 0 aromatic heterocycles. The van der Waals surface area contributed by atoms with Crippen molar-refractivity contribution in [3.8, 4) is 5.75 Å². The molecular weight excluding hydrogens is 294 g/mol. The molecule has 1 amide bonds. The van der Waals surface area contributed by atoms with Crippen LogP contribution in [0.1, 0.15) is 19.4 Å². The van der Waals surface area contributed by atoms with E-state index in [9.17, 15) is 4.79 Å². The number of rotatable bonds is 3. The van der Waals surface area contributed by atoms with E-state index < -0.39 is 0 Å². The average molecular weight is 312 g/mol. The highest BCUT2D eigenvalue weighted by atomic mass is 79.9. The average Bonchev–Trinajstić information content (AvgIpc) is 2.34. The van der Waals surface area contributed by atoms with Crippen LogP contribution in [0.25, 0.3) is 0 Å². The number of carbonyl (C=O) groups is 1. The van der Waals surface area contributed by atoms with Crippen LogP contribution in [0.3, 0.4) is 0 Å². The zero-order chi connectivity index (χ0) is 13.3. The second-order valence-corrected chi connectivity index (χ2v) is 6.18. The normalized spacial score (nSPS) is 16.5. The van der Waals surface area contributed by atoms with E-state index in [0.29, 0.717) is 10.7 Å². The number of anilines is 1. The molecule has 98 valence electrons. The Morgan fingerprint density at radius 1 is 1.44 bits per heavy atom. The first-order chi connectivity index (χ1) is 8.49. The highest BCUT2D eigenvalue weighted by Crippen LogP contribution is 2.33. The van der Waals surface area contributed by atoms with Crippen LogP contribution < -0.4 is 9.64 Å². The number of benzene rings is 1. The number of amides is 1. The van der Waals surface area contributed by atoms with Crippen molar-refractivity contribution in [1.82, 2.24) is 0 Å². The smallest absolute Gasteiger partial charge is 0.264 e. The van der Waals surface area contributed by atoms with Crippen molar-refractivity contribution in [1.29, 1.82) is 0 Å². The number of ether oxygens (including phenoxy) is 1. The lowest BCUT2D eigenvalue weighted by atomic mass is 10.0. The second-order valence-electron chi connectivity index (χ2n) is 5.01. The van der Waals surface area contributed by atoms with Crippen molar-refractivity contribution in [3.05, 3.63) is 23.8 Å². The Balaban J connectivity index is 2.23. The Labute approximate surface area is 116 Å². The number of hydrogen-bond acceptors (Lipinski definition) is 2. The van der Waals surface area contributed by atoms with Crippen LogP contribution >= 0.6 is 15.9 Å². The molecule has 18 heavy (non-hydrogen) atoms. The predicted molar refractivity (Wildman–Crippen MR) is 76.6 cm³/mol. The van der Waals surface area contributed by atoms with E-state index in [-0.39, 0.29) is 12.5 Å². The standard InChI is InChI=1S/C14H18BrNO2/c1-9(2)11(15)6-10-4-5-13-12(7-10)16(3)14(17)8-18-13/h4-5,7,9,11H,6,8H2,1-3H3. The lowest BCUT2D eigenvalue weighted by Gasteiger charge is -2.26. The van der Waals surface area contributed by atoms with Crippen LogP contribution in [0.5, 0.6) is 5.75 Å². The quantitative estimate of drug-likeness (QED) is 0.803. The summed E-state index contributed by atoms with van der Waals surface area (Å²) in [6.07, 6.45) is 0.951. The Morgan fingerprint density at radius 3 is 2.83 bits per heavy atom. The third-order valence-electron chi connectivity index (χ3n) is 3.26. The van der Waals surface area contributed by atoms with Gasteiger partial charge in [0.1, 0.15) is 5.75 Å². The molecule has 0 aliphatic carbocycles. The number of fused-ring (bicyclic) bond motifs is 1. The lowest BCUT2D eigenvalue weighted by Crippen LogP contribution is -2.35. The van der Waals surface area contributed by atoms with Crippen molar-refractivity contribution in [2.24, 2.45) is 5.92 Å². The fraction of sp³-hybridized carbons (Fsp3) is 0.500. The van der Waals surface area contributed by atoms with E-state index in [1.54, 1.807) is 11.9 Å². The number of likely N-dealkylation sites (N-methyl/N-ethyl adjacent to an activating group) is 1. The number of alkyl halides is 1. The van der Waals surface area contributed by atoms with Gasteiger partial charge in [-0.05, 0) is 30.0 Å². The van der Waals surface area contributed by atoms with Crippen molar-refractivity contribution in [3.63, 3.8) is 0 Å². The van der Waals surface area contributed by atoms with Crippen LogP contribution in [0, 0.1) is 5.92 Å². The summed E-state index contributed by atoms with van der Waals surface area (Å²) in [7, 11) is 1.79. The molecule has 0 N–H and O–H groups in total. The lowest BCUT2D eigenvalue weighted by molar-refractivity contribution is -0.120. The zero-order valence-corrected chi connectivity index (χ0v) is 12.5. The maximum absolute atomic E-state index is 11.6. The molecule has 1 aromatic rings. The summed E-state index contributed by atoms with van der Waals surface area (Å²) in [5.74, 6) is 1.37. The Bertz CT molecular complexity index is 459. The second kappa shape index (κ2) is 5.31. The summed E-state index contributed by atoms with van der Waals surface area (Å²) >= 11 is 3.69. The highest BCUT2D eigenvalue weighted by Gasteiger charge is 2.22. The molecule has 0 saturated carbocycles. The first kappa shape index (κ1) is 13.4. The summed E-state index contributed by atoms with van der Waals surface area (Å²) in [4.78, 5) is 13.7. The monoisotopic (exact) mass is 311 g/mol. The largest absolute Gasteiger partial charge is 0.482 e. The van der Waals surface area contributed by atoms with Crippen LogP contribution in [-0.2, 0) is 11.2 Å². The fourth-order valence-corrected chi connectivity index (χ4v) is 2.28.